The molecule has 4 fully saturated rings. The molecule has 3 unspecified atom stereocenters. The van der Waals surface area contributed by atoms with Crippen LogP contribution in [0.5, 0.6) is 5.75 Å². The van der Waals surface area contributed by atoms with Gasteiger partial charge in [-0.05, 0) is 117 Å². The summed E-state index contributed by atoms with van der Waals surface area (Å²) < 4.78 is 35.2. The van der Waals surface area contributed by atoms with Crippen LogP contribution in [0.15, 0.2) is 85.2 Å². The summed E-state index contributed by atoms with van der Waals surface area (Å²) in [5.41, 5.74) is 13.7. The normalized spacial score (nSPS) is 24.2. The summed E-state index contributed by atoms with van der Waals surface area (Å²) in [5.74, 6) is 1.24. The second-order valence-electron chi connectivity index (χ2n) is 18.0. The van der Waals surface area contributed by atoms with Crippen LogP contribution in [0.25, 0.3) is 22.2 Å². The van der Waals surface area contributed by atoms with Gasteiger partial charge in [0.25, 0.3) is 5.91 Å². The van der Waals surface area contributed by atoms with Crippen molar-refractivity contribution in [1.29, 1.82) is 0 Å². The van der Waals surface area contributed by atoms with Gasteiger partial charge in [0.15, 0.2) is 5.82 Å². The standard InChI is InChI=1S/C49H58FN9O2/c1-33-29-59(44-14-12-38(27-41(33)44)58-21-5-19-52-32-58)37-15-22-55(23-16-37)31-49(50)17-24-56(25-18-49)48(61)35-11-13-39(42(26-35)34-9-10-34)36-6-4-20-57(30-36)45-28-43(53-54-47(45)51)40-7-2-3-8-46(40)60/h2-3,5,7-8,11-14,21,26-29,34,36-37,52,60H,4,6,9-10,15-20,22-25,30-32H2,1H3,(H2,51,54)/i19D,32D. The predicted molar refractivity (Wildman–Crippen MR) is 241 cm³/mol. The van der Waals surface area contributed by atoms with Crippen LogP contribution >= 0.6 is 0 Å². The minimum atomic E-state index is -1.32. The van der Waals surface area contributed by atoms with Crippen LogP contribution in [0.1, 0.15) is 99.0 Å². The number of fused-ring (bicyclic) bond motifs is 1. The molecule has 1 saturated carbocycles. The number of nitrogen functional groups attached to an aromatic ring is 1. The predicted octanol–water partition coefficient (Wildman–Crippen LogP) is 8.12. The monoisotopic (exact) mass is 825 g/mol. The number of para-hydroxylation sites is 1. The molecule has 3 aromatic carbocycles. The van der Waals surface area contributed by atoms with Crippen LogP contribution < -0.4 is 20.9 Å². The highest BCUT2D eigenvalue weighted by molar-refractivity contribution is 5.94. The Balaban J connectivity index is 0.752. The molecule has 2 aromatic heterocycles. The van der Waals surface area contributed by atoms with Crippen LogP contribution in [-0.4, -0.2) is 100 Å². The van der Waals surface area contributed by atoms with Gasteiger partial charge in [-0.25, -0.2) is 4.39 Å². The van der Waals surface area contributed by atoms with Gasteiger partial charge in [0.1, 0.15) is 11.4 Å². The smallest absolute Gasteiger partial charge is 0.253 e. The number of aromatic nitrogens is 3. The van der Waals surface area contributed by atoms with E-state index in [1.165, 1.54) is 22.2 Å². The molecule has 5 aliphatic rings. The molecule has 6 heterocycles. The lowest BCUT2D eigenvalue weighted by Gasteiger charge is -2.41. The molecule has 4 N–H and O–H groups in total. The first-order valence-corrected chi connectivity index (χ1v) is 22.2. The summed E-state index contributed by atoms with van der Waals surface area (Å²) in [6, 6.07) is 22.0. The molecule has 1 amide bonds. The van der Waals surface area contributed by atoms with Gasteiger partial charge in [-0.2, -0.15) is 0 Å². The Hall–Kier alpha value is -5.46. The molecular formula is C49H58FN9O2. The molecule has 318 valence electrons. The number of alkyl halides is 1. The van der Waals surface area contributed by atoms with Crippen molar-refractivity contribution in [2.45, 2.75) is 81.8 Å². The average molecular weight is 826 g/mol. The van der Waals surface area contributed by atoms with Crippen molar-refractivity contribution in [2.24, 2.45) is 0 Å². The maximum Gasteiger partial charge on any atom is 0.253 e. The number of aromatic hydroxyl groups is 1. The number of amides is 1. The SMILES string of the molecule is [2H]C1C=CN(c2ccc3c(c2)c(C)cn3C2CCN(CC3(F)CCN(C(=O)c4ccc(C5CCCN(c6cc(-c7ccccc7O)nnc6N)C5)c(C5CC5)c4)CC3)CC2)C([2H])N1. The molecule has 0 radical (unpaired) electrons. The number of phenolic OH excluding ortho intramolecular Hbond substituents is 1. The number of phenols is 1. The zero-order valence-electron chi connectivity index (χ0n) is 37.0. The van der Waals surface area contributed by atoms with Crippen LogP contribution in [0, 0.1) is 6.92 Å². The van der Waals surface area contributed by atoms with E-state index in [0.29, 0.717) is 67.1 Å². The molecule has 3 atom stereocenters. The van der Waals surface area contributed by atoms with E-state index in [4.69, 9.17) is 8.48 Å². The van der Waals surface area contributed by atoms with Crippen molar-refractivity contribution in [1.82, 2.24) is 29.9 Å². The zero-order valence-corrected chi connectivity index (χ0v) is 35.0. The number of nitrogens with two attached hydrogens (primary N) is 1. The highest BCUT2D eigenvalue weighted by atomic mass is 19.1. The van der Waals surface area contributed by atoms with Gasteiger partial charge in [0.05, 0.1) is 19.4 Å². The van der Waals surface area contributed by atoms with Crippen LogP contribution in [-0.2, 0) is 0 Å². The van der Waals surface area contributed by atoms with Crippen molar-refractivity contribution in [3.05, 3.63) is 107 Å². The lowest BCUT2D eigenvalue weighted by Crippen LogP contribution is -2.51. The fourth-order valence-corrected chi connectivity index (χ4v) is 10.3. The Labute approximate surface area is 360 Å². The summed E-state index contributed by atoms with van der Waals surface area (Å²) in [4.78, 5) is 22.3. The number of anilines is 3. The van der Waals surface area contributed by atoms with E-state index in [0.717, 1.165) is 81.5 Å². The maximum absolute atomic E-state index is 16.6. The summed E-state index contributed by atoms with van der Waals surface area (Å²) in [7, 11) is 0. The number of rotatable bonds is 9. The van der Waals surface area contributed by atoms with Gasteiger partial charge in [-0.3, -0.25) is 10.1 Å². The van der Waals surface area contributed by atoms with Crippen molar-refractivity contribution in [3.63, 3.8) is 0 Å². The third-order valence-corrected chi connectivity index (χ3v) is 13.9. The molecule has 61 heavy (non-hydrogen) atoms. The minimum Gasteiger partial charge on any atom is -0.507 e. The third-order valence-electron chi connectivity index (χ3n) is 13.9. The van der Waals surface area contributed by atoms with Gasteiger partial charge >= 0.3 is 0 Å². The number of carbonyl (C=O) groups is 1. The number of aryl methyl sites for hydroxylation is 1. The Morgan fingerprint density at radius 1 is 0.951 bits per heavy atom. The Bertz CT molecular complexity index is 2530. The number of carbonyl (C=O) groups excluding carboxylic acids is 1. The largest absolute Gasteiger partial charge is 0.507 e. The number of benzene rings is 3. The van der Waals surface area contributed by atoms with Gasteiger partial charge in [0, 0.05) is 119 Å². The topological polar surface area (TPSA) is 119 Å². The van der Waals surface area contributed by atoms with E-state index in [1.807, 2.05) is 40.3 Å². The number of nitrogens with zero attached hydrogens (tertiary/aromatic N) is 7. The Morgan fingerprint density at radius 3 is 2.56 bits per heavy atom. The number of halogens is 1. The molecule has 5 aromatic rings. The number of hydrogen-bond acceptors (Lipinski definition) is 9. The zero-order chi connectivity index (χ0) is 43.4. The number of nitrogens with one attached hydrogen (secondary N) is 1. The fraction of sp³-hybridized carbons (Fsp3) is 0.449. The molecule has 11 nitrogen and oxygen atoms in total. The molecule has 4 aliphatic heterocycles. The van der Waals surface area contributed by atoms with Gasteiger partial charge in [-0.1, -0.05) is 24.3 Å². The summed E-state index contributed by atoms with van der Waals surface area (Å²) >= 11 is 0. The minimum absolute atomic E-state index is 0.00431. The van der Waals surface area contributed by atoms with E-state index in [9.17, 15) is 9.90 Å². The van der Waals surface area contributed by atoms with Crippen molar-refractivity contribution >= 4 is 34.0 Å². The second kappa shape index (κ2) is 16.4. The number of piperidine rings is 3. The van der Waals surface area contributed by atoms with E-state index >= 15 is 4.39 Å². The molecule has 0 bridgehead atoms. The average Bonchev–Trinajstić information content (AvgIpc) is 4.09. The van der Waals surface area contributed by atoms with Crippen molar-refractivity contribution in [2.75, 3.05) is 74.5 Å². The van der Waals surface area contributed by atoms with Crippen LogP contribution in [0.4, 0.5) is 21.6 Å². The first-order valence-electron chi connectivity index (χ1n) is 23.3. The quantitative estimate of drug-likeness (QED) is 0.136. The summed E-state index contributed by atoms with van der Waals surface area (Å²) in [6.45, 7) is 5.35. The summed E-state index contributed by atoms with van der Waals surface area (Å²) in [6.07, 6.45) is 12.7. The number of hydrogen-bond donors (Lipinski definition) is 3. The fourth-order valence-electron chi connectivity index (χ4n) is 10.3. The maximum atomic E-state index is 16.6. The molecule has 12 heteroatoms. The van der Waals surface area contributed by atoms with Crippen LogP contribution in [0.2, 0.25) is 0 Å². The Kier molecular flexibility index (Phi) is 10.1. The first kappa shape index (κ1) is 37.3. The van der Waals surface area contributed by atoms with Gasteiger partial charge in [-0.15, -0.1) is 10.2 Å². The third kappa shape index (κ3) is 8.08. The van der Waals surface area contributed by atoms with E-state index in [-0.39, 0.29) is 17.6 Å². The van der Waals surface area contributed by atoms with Crippen molar-refractivity contribution < 1.29 is 17.0 Å². The molecular weight excluding hydrogens is 766 g/mol. The molecule has 3 saturated heterocycles. The number of likely N-dealkylation sites (tertiary alicyclic amines) is 2. The lowest BCUT2D eigenvalue weighted by atomic mass is 9.85. The molecule has 0 spiro atoms. The highest BCUT2D eigenvalue weighted by Gasteiger charge is 2.39. The van der Waals surface area contributed by atoms with Gasteiger partial charge in [0.2, 0.25) is 0 Å². The Morgan fingerprint density at radius 2 is 1.77 bits per heavy atom. The lowest BCUT2D eigenvalue weighted by molar-refractivity contribution is 0.0158. The summed E-state index contributed by atoms with van der Waals surface area (Å²) in [5, 5.41) is 23.1. The van der Waals surface area contributed by atoms with E-state index < -0.39 is 18.8 Å². The molecule has 1 aliphatic carbocycles. The van der Waals surface area contributed by atoms with E-state index in [1.54, 1.807) is 18.2 Å². The van der Waals surface area contributed by atoms with E-state index in [2.05, 4.69) is 73.3 Å². The second-order valence-corrected chi connectivity index (χ2v) is 18.0. The first-order chi connectivity index (χ1) is 30.5. The highest BCUT2D eigenvalue weighted by Crippen LogP contribution is 2.46. The van der Waals surface area contributed by atoms with Gasteiger partial charge < -0.3 is 35.0 Å². The van der Waals surface area contributed by atoms with Crippen molar-refractivity contribution in [3.8, 4) is 17.0 Å². The molecule has 10 rings (SSSR count). The van der Waals surface area contributed by atoms with Crippen LogP contribution in [0.3, 0.4) is 0 Å².